The van der Waals surface area contributed by atoms with Crippen LogP contribution in [0.1, 0.15) is 106 Å². The highest BCUT2D eigenvalue weighted by atomic mass is 16.5. The van der Waals surface area contributed by atoms with Crippen molar-refractivity contribution >= 4 is 23.6 Å². The summed E-state index contributed by atoms with van der Waals surface area (Å²) in [5.74, 6) is -1.12. The standard InChI is InChI=1S/C35H51NO6/c1-30(2)24-11-14-35(7)28(33(24,5)13-12-25(30)36-26(38)9-10-27(39)42-8)23(37)19-21-22-20-32(4,29(40)41)16-15-31(22,3)17-18-34(21,35)6/h9-10,19,22,24-25,28H,11-18,20H2,1-8H3,(H,36,38)(H,40,41)/b10-9+/t22-,24-,25-,28+,31+,32-,33-,34+,35+/m0/s1. The molecule has 232 valence electrons. The van der Waals surface area contributed by atoms with Gasteiger partial charge in [0.2, 0.25) is 5.91 Å². The van der Waals surface area contributed by atoms with Crippen molar-refractivity contribution in [2.75, 3.05) is 7.11 Å². The van der Waals surface area contributed by atoms with Crippen LogP contribution < -0.4 is 5.32 Å². The molecule has 4 saturated carbocycles. The minimum atomic E-state index is -0.757. The summed E-state index contributed by atoms with van der Waals surface area (Å²) in [6.07, 6.45) is 12.2. The van der Waals surface area contributed by atoms with Crippen molar-refractivity contribution in [3.8, 4) is 0 Å². The summed E-state index contributed by atoms with van der Waals surface area (Å²) in [4.78, 5) is 51.1. The molecule has 4 fully saturated rings. The minimum Gasteiger partial charge on any atom is -0.481 e. The molecule has 5 rings (SSSR count). The third-order valence-corrected chi connectivity index (χ3v) is 14.0. The average molecular weight is 582 g/mol. The van der Waals surface area contributed by atoms with E-state index in [0.29, 0.717) is 12.8 Å². The maximum Gasteiger partial charge on any atom is 0.330 e. The second-order valence-corrected chi connectivity index (χ2v) is 16.3. The Balaban J connectivity index is 1.48. The van der Waals surface area contributed by atoms with E-state index < -0.39 is 17.4 Å². The van der Waals surface area contributed by atoms with Gasteiger partial charge in [-0.25, -0.2) is 4.79 Å². The van der Waals surface area contributed by atoms with Crippen LogP contribution >= 0.6 is 0 Å². The maximum atomic E-state index is 14.5. The van der Waals surface area contributed by atoms with E-state index in [4.69, 9.17) is 0 Å². The van der Waals surface area contributed by atoms with Gasteiger partial charge in [-0.3, -0.25) is 14.4 Å². The molecule has 0 saturated heterocycles. The lowest BCUT2D eigenvalue weighted by Crippen LogP contribution is -2.67. The smallest absolute Gasteiger partial charge is 0.330 e. The average Bonchev–Trinajstić information content (AvgIpc) is 2.91. The quantitative estimate of drug-likeness (QED) is 0.299. The number of carboxylic acids is 1. The number of aliphatic carboxylic acids is 1. The lowest BCUT2D eigenvalue weighted by molar-refractivity contribution is -0.189. The number of carboxylic acid groups (broad SMARTS) is 1. The first-order valence-electron chi connectivity index (χ1n) is 15.9. The minimum absolute atomic E-state index is 0.0332. The Labute approximate surface area is 251 Å². The molecule has 0 radical (unpaired) electrons. The largest absolute Gasteiger partial charge is 0.481 e. The van der Waals surface area contributed by atoms with E-state index >= 15 is 0 Å². The Hall–Kier alpha value is -2.44. The number of rotatable bonds is 4. The number of esters is 1. The van der Waals surface area contributed by atoms with Gasteiger partial charge in [0.1, 0.15) is 0 Å². The molecule has 0 unspecified atom stereocenters. The van der Waals surface area contributed by atoms with Crippen LogP contribution in [0.15, 0.2) is 23.8 Å². The number of allylic oxidation sites excluding steroid dienone is 2. The van der Waals surface area contributed by atoms with E-state index in [9.17, 15) is 24.3 Å². The van der Waals surface area contributed by atoms with Crippen molar-refractivity contribution < 1.29 is 29.0 Å². The zero-order chi connectivity index (χ0) is 31.1. The number of amides is 1. The summed E-state index contributed by atoms with van der Waals surface area (Å²) < 4.78 is 4.62. The fourth-order valence-electron chi connectivity index (χ4n) is 11.1. The highest BCUT2D eigenvalue weighted by Gasteiger charge is 2.70. The number of carbonyl (C=O) groups is 4. The van der Waals surface area contributed by atoms with Crippen LogP contribution in [-0.4, -0.2) is 41.9 Å². The summed E-state index contributed by atoms with van der Waals surface area (Å²) in [7, 11) is 1.28. The van der Waals surface area contributed by atoms with Gasteiger partial charge >= 0.3 is 11.9 Å². The molecule has 0 aromatic carbocycles. The Bertz CT molecular complexity index is 1270. The normalized spacial score (nSPS) is 45.9. The Morgan fingerprint density at radius 2 is 1.60 bits per heavy atom. The SMILES string of the molecule is COC(=O)/C=C/C(=O)N[C@H]1CC[C@]2(C)[C@H]3C(=O)C=C4[C@@H]5C[C@@](C)(C(=O)O)CC[C@]5(C)CC[C@@]4(C)[C@]3(C)CC[C@H]2C1(C)C. The Morgan fingerprint density at radius 3 is 2.24 bits per heavy atom. The van der Waals surface area contributed by atoms with E-state index in [1.807, 2.05) is 13.0 Å². The number of hydrogen-bond acceptors (Lipinski definition) is 5. The number of carbonyl (C=O) groups excluding carboxylic acids is 3. The van der Waals surface area contributed by atoms with Gasteiger partial charge in [-0.05, 0) is 110 Å². The summed E-state index contributed by atoms with van der Waals surface area (Å²) in [6.45, 7) is 15.8. The highest BCUT2D eigenvalue weighted by Crippen LogP contribution is 2.75. The molecule has 42 heavy (non-hydrogen) atoms. The zero-order valence-electron chi connectivity index (χ0n) is 26.9. The van der Waals surface area contributed by atoms with Crippen molar-refractivity contribution in [3.63, 3.8) is 0 Å². The lowest BCUT2D eigenvalue weighted by Gasteiger charge is -2.70. The van der Waals surface area contributed by atoms with E-state index in [2.05, 4.69) is 51.6 Å². The van der Waals surface area contributed by atoms with Gasteiger partial charge < -0.3 is 15.2 Å². The molecule has 1 amide bonds. The number of methoxy groups -OCH3 is 1. The third-order valence-electron chi connectivity index (χ3n) is 14.0. The van der Waals surface area contributed by atoms with Crippen molar-refractivity contribution in [1.82, 2.24) is 5.32 Å². The predicted octanol–water partition coefficient (Wildman–Crippen LogP) is 6.27. The first-order valence-corrected chi connectivity index (χ1v) is 15.9. The van der Waals surface area contributed by atoms with Gasteiger partial charge in [0.15, 0.2) is 5.78 Å². The van der Waals surface area contributed by atoms with Crippen LogP contribution in [0.3, 0.4) is 0 Å². The van der Waals surface area contributed by atoms with Gasteiger partial charge in [0, 0.05) is 24.1 Å². The molecule has 7 heteroatoms. The molecule has 0 spiro atoms. The molecule has 5 aliphatic carbocycles. The summed E-state index contributed by atoms with van der Waals surface area (Å²) in [5.41, 5.74) is -0.331. The molecule has 0 heterocycles. The van der Waals surface area contributed by atoms with Crippen LogP contribution in [0.4, 0.5) is 0 Å². The topological polar surface area (TPSA) is 110 Å². The maximum absolute atomic E-state index is 14.5. The number of ketones is 1. The molecular weight excluding hydrogens is 530 g/mol. The molecule has 2 N–H and O–H groups in total. The fraction of sp³-hybridized carbons (Fsp3) is 0.771. The molecule has 0 aromatic heterocycles. The van der Waals surface area contributed by atoms with E-state index in [0.717, 1.165) is 51.0 Å². The molecule has 0 bridgehead atoms. The van der Waals surface area contributed by atoms with E-state index in [1.54, 1.807) is 0 Å². The highest BCUT2D eigenvalue weighted by molar-refractivity contribution is 5.96. The van der Waals surface area contributed by atoms with Crippen LogP contribution in [0.5, 0.6) is 0 Å². The molecule has 0 aliphatic heterocycles. The van der Waals surface area contributed by atoms with Gasteiger partial charge in [-0.1, -0.05) is 47.1 Å². The van der Waals surface area contributed by atoms with Crippen LogP contribution in [0.25, 0.3) is 0 Å². The number of hydrogen-bond donors (Lipinski definition) is 2. The second-order valence-electron chi connectivity index (χ2n) is 16.3. The van der Waals surface area contributed by atoms with Gasteiger partial charge in [-0.15, -0.1) is 0 Å². The molecular formula is C35H51NO6. The van der Waals surface area contributed by atoms with Crippen molar-refractivity contribution in [1.29, 1.82) is 0 Å². The van der Waals surface area contributed by atoms with Crippen molar-refractivity contribution in [2.45, 2.75) is 112 Å². The lowest BCUT2D eigenvalue weighted by atomic mass is 9.33. The second kappa shape index (κ2) is 9.79. The molecule has 5 aliphatic rings. The molecule has 7 nitrogen and oxygen atoms in total. The first kappa shape index (κ1) is 31.0. The number of fused-ring (bicyclic) bond motifs is 7. The van der Waals surface area contributed by atoms with Gasteiger partial charge in [0.05, 0.1) is 12.5 Å². The molecule has 0 aromatic rings. The number of ether oxygens (including phenoxy) is 1. The monoisotopic (exact) mass is 581 g/mol. The van der Waals surface area contributed by atoms with Crippen LogP contribution in [0, 0.1) is 50.2 Å². The Kier molecular flexibility index (Phi) is 7.22. The summed E-state index contributed by atoms with van der Waals surface area (Å²) in [5, 5.41) is 13.3. The van der Waals surface area contributed by atoms with Gasteiger partial charge in [-0.2, -0.15) is 0 Å². The summed E-state index contributed by atoms with van der Waals surface area (Å²) >= 11 is 0. The molecule has 9 atom stereocenters. The van der Waals surface area contributed by atoms with Gasteiger partial charge in [0.25, 0.3) is 0 Å². The van der Waals surface area contributed by atoms with Crippen LogP contribution in [0.2, 0.25) is 0 Å². The summed E-state index contributed by atoms with van der Waals surface area (Å²) in [6, 6.07) is -0.0681. The van der Waals surface area contributed by atoms with Crippen molar-refractivity contribution in [2.24, 2.45) is 50.2 Å². The van der Waals surface area contributed by atoms with Crippen LogP contribution in [-0.2, 0) is 23.9 Å². The Morgan fingerprint density at radius 1 is 0.929 bits per heavy atom. The third kappa shape index (κ3) is 4.26. The first-order chi connectivity index (χ1) is 19.4. The van der Waals surface area contributed by atoms with E-state index in [1.165, 1.54) is 18.8 Å². The van der Waals surface area contributed by atoms with Crippen molar-refractivity contribution in [3.05, 3.63) is 23.8 Å². The predicted molar refractivity (Wildman–Crippen MR) is 160 cm³/mol. The number of nitrogens with one attached hydrogen (secondary N) is 1. The zero-order valence-corrected chi connectivity index (χ0v) is 26.9. The fourth-order valence-corrected chi connectivity index (χ4v) is 11.1. The van der Waals surface area contributed by atoms with E-state index in [-0.39, 0.29) is 62.6 Å².